The molecular weight excluding hydrogens is 270 g/mol. The van der Waals surface area contributed by atoms with Crippen LogP contribution in [0.1, 0.15) is 29.8 Å². The second-order valence-electron chi connectivity index (χ2n) is 3.77. The molecule has 86 valence electrons. The number of ketones is 1. The number of carbonyl (C=O) groups excluding carboxylic acids is 2. The molecule has 0 saturated carbocycles. The minimum Gasteiger partial charge on any atom is -0.343 e. The fourth-order valence-corrected chi connectivity index (χ4v) is 1.49. The van der Waals surface area contributed by atoms with Gasteiger partial charge < -0.3 is 5.32 Å². The average molecular weight is 284 g/mol. The van der Waals surface area contributed by atoms with E-state index in [2.05, 4.69) is 21.2 Å². The molecule has 0 saturated heterocycles. The van der Waals surface area contributed by atoms with Crippen molar-refractivity contribution in [1.82, 2.24) is 5.32 Å². The fourth-order valence-electron chi connectivity index (χ4n) is 1.12. The van der Waals surface area contributed by atoms with Gasteiger partial charge in [-0.2, -0.15) is 0 Å². The largest absolute Gasteiger partial charge is 0.343 e. The average Bonchev–Trinajstić information content (AvgIpc) is 2.21. The van der Waals surface area contributed by atoms with Gasteiger partial charge in [-0.25, -0.2) is 0 Å². The van der Waals surface area contributed by atoms with Crippen molar-refractivity contribution in [1.29, 1.82) is 0 Å². The van der Waals surface area contributed by atoms with Crippen molar-refractivity contribution in [3.63, 3.8) is 0 Å². The number of aryl methyl sites for hydroxylation is 1. The first-order valence-electron chi connectivity index (χ1n) is 4.99. The van der Waals surface area contributed by atoms with E-state index in [1.54, 1.807) is 19.1 Å². The Bertz CT molecular complexity index is 429. The highest BCUT2D eigenvalue weighted by atomic mass is 79.9. The van der Waals surface area contributed by atoms with E-state index in [0.717, 1.165) is 10.0 Å². The standard InChI is InChI=1S/C12H14BrNO2/c1-7-4-5-10(6-11(7)13)12(16)14-8(2)9(3)15/h4-6,8H,1-3H3,(H,14,16). The summed E-state index contributed by atoms with van der Waals surface area (Å²) in [7, 11) is 0. The molecule has 0 aromatic heterocycles. The molecule has 0 aliphatic heterocycles. The normalized spacial score (nSPS) is 12.0. The molecule has 0 fully saturated rings. The van der Waals surface area contributed by atoms with Gasteiger partial charge in [0.15, 0.2) is 5.78 Å². The monoisotopic (exact) mass is 283 g/mol. The van der Waals surface area contributed by atoms with E-state index < -0.39 is 6.04 Å². The first-order chi connectivity index (χ1) is 7.41. The Morgan fingerprint density at radius 2 is 2.00 bits per heavy atom. The van der Waals surface area contributed by atoms with Crippen LogP contribution in [0.15, 0.2) is 22.7 Å². The fraction of sp³-hybridized carbons (Fsp3) is 0.333. The molecule has 0 heterocycles. The Balaban J connectivity index is 2.81. The summed E-state index contributed by atoms with van der Waals surface area (Å²) in [5, 5.41) is 2.63. The molecule has 1 N–H and O–H groups in total. The maximum absolute atomic E-state index is 11.7. The van der Waals surface area contributed by atoms with E-state index in [1.165, 1.54) is 6.92 Å². The Hall–Kier alpha value is -1.16. The topological polar surface area (TPSA) is 46.2 Å². The predicted octanol–water partition coefficient (Wildman–Crippen LogP) is 2.46. The van der Waals surface area contributed by atoms with Gasteiger partial charge in [-0.3, -0.25) is 9.59 Å². The third-order valence-corrected chi connectivity index (χ3v) is 3.25. The molecule has 1 rings (SSSR count). The highest BCUT2D eigenvalue weighted by molar-refractivity contribution is 9.10. The summed E-state index contributed by atoms with van der Waals surface area (Å²) in [5.74, 6) is -0.289. The van der Waals surface area contributed by atoms with E-state index in [0.29, 0.717) is 5.56 Å². The van der Waals surface area contributed by atoms with Gasteiger partial charge >= 0.3 is 0 Å². The zero-order chi connectivity index (χ0) is 12.3. The number of halogens is 1. The van der Waals surface area contributed by atoms with Crippen LogP contribution < -0.4 is 5.32 Å². The number of nitrogens with one attached hydrogen (secondary N) is 1. The molecule has 4 heteroatoms. The summed E-state index contributed by atoms with van der Waals surface area (Å²) < 4.78 is 0.885. The van der Waals surface area contributed by atoms with Crippen molar-refractivity contribution in [2.75, 3.05) is 0 Å². The van der Waals surface area contributed by atoms with Crippen LogP contribution in [0.4, 0.5) is 0 Å². The van der Waals surface area contributed by atoms with E-state index in [1.807, 2.05) is 13.0 Å². The molecule has 0 aliphatic rings. The van der Waals surface area contributed by atoms with Crippen molar-refractivity contribution >= 4 is 27.6 Å². The predicted molar refractivity (Wildman–Crippen MR) is 66.5 cm³/mol. The van der Waals surface area contributed by atoms with Crippen LogP contribution in [-0.2, 0) is 4.79 Å². The van der Waals surface area contributed by atoms with E-state index in [4.69, 9.17) is 0 Å². The summed E-state index contributed by atoms with van der Waals surface area (Å²) >= 11 is 3.36. The first kappa shape index (κ1) is 12.9. The lowest BCUT2D eigenvalue weighted by Crippen LogP contribution is -2.37. The molecule has 16 heavy (non-hydrogen) atoms. The molecule has 0 spiro atoms. The van der Waals surface area contributed by atoms with E-state index in [-0.39, 0.29) is 11.7 Å². The third kappa shape index (κ3) is 3.17. The van der Waals surface area contributed by atoms with Gasteiger partial charge in [0.1, 0.15) is 0 Å². The van der Waals surface area contributed by atoms with Crippen LogP contribution in [0.5, 0.6) is 0 Å². The third-order valence-electron chi connectivity index (χ3n) is 2.39. The van der Waals surface area contributed by atoms with Gasteiger partial charge in [0, 0.05) is 10.0 Å². The van der Waals surface area contributed by atoms with Crippen molar-refractivity contribution in [3.8, 4) is 0 Å². The molecule has 1 amide bonds. The number of rotatable bonds is 3. The van der Waals surface area contributed by atoms with Crippen LogP contribution in [0.3, 0.4) is 0 Å². The number of amides is 1. The maximum Gasteiger partial charge on any atom is 0.251 e. The number of hydrogen-bond acceptors (Lipinski definition) is 2. The highest BCUT2D eigenvalue weighted by Crippen LogP contribution is 2.17. The smallest absolute Gasteiger partial charge is 0.251 e. The molecule has 1 aromatic rings. The SMILES string of the molecule is CC(=O)C(C)NC(=O)c1ccc(C)c(Br)c1. The van der Waals surface area contributed by atoms with Crippen molar-refractivity contribution < 1.29 is 9.59 Å². The molecule has 0 aliphatic carbocycles. The number of hydrogen-bond donors (Lipinski definition) is 1. The number of Topliss-reactive ketones (excluding diaryl/α,β-unsaturated/α-hetero) is 1. The van der Waals surface area contributed by atoms with Crippen LogP contribution in [-0.4, -0.2) is 17.7 Å². The Morgan fingerprint density at radius 1 is 1.38 bits per heavy atom. The Kier molecular flexibility index (Phi) is 4.24. The van der Waals surface area contributed by atoms with Gasteiger partial charge in [0.25, 0.3) is 5.91 Å². The Labute approximate surface area is 103 Å². The summed E-state index contributed by atoms with van der Waals surface area (Å²) in [6.07, 6.45) is 0. The summed E-state index contributed by atoms with van der Waals surface area (Å²) in [6.45, 7) is 5.07. The second-order valence-corrected chi connectivity index (χ2v) is 4.62. The summed E-state index contributed by atoms with van der Waals surface area (Å²) in [4.78, 5) is 22.7. The van der Waals surface area contributed by atoms with Crippen LogP contribution in [0.2, 0.25) is 0 Å². The lowest BCUT2D eigenvalue weighted by atomic mass is 10.1. The molecule has 3 nitrogen and oxygen atoms in total. The lowest BCUT2D eigenvalue weighted by Gasteiger charge is -2.11. The molecule has 0 radical (unpaired) electrons. The maximum atomic E-state index is 11.7. The van der Waals surface area contributed by atoms with Crippen LogP contribution in [0.25, 0.3) is 0 Å². The number of carbonyl (C=O) groups is 2. The van der Waals surface area contributed by atoms with E-state index >= 15 is 0 Å². The molecule has 0 bridgehead atoms. The van der Waals surface area contributed by atoms with Gasteiger partial charge in [-0.15, -0.1) is 0 Å². The molecule has 1 atom stereocenters. The highest BCUT2D eigenvalue weighted by Gasteiger charge is 2.13. The summed E-state index contributed by atoms with van der Waals surface area (Å²) in [5.41, 5.74) is 1.61. The van der Waals surface area contributed by atoms with Crippen molar-refractivity contribution in [3.05, 3.63) is 33.8 Å². The minimum absolute atomic E-state index is 0.0560. The summed E-state index contributed by atoms with van der Waals surface area (Å²) in [6, 6.07) is 4.89. The van der Waals surface area contributed by atoms with Gasteiger partial charge in [0.05, 0.1) is 6.04 Å². The van der Waals surface area contributed by atoms with Gasteiger partial charge in [-0.05, 0) is 38.5 Å². The molecule has 1 aromatic carbocycles. The van der Waals surface area contributed by atoms with Crippen molar-refractivity contribution in [2.24, 2.45) is 0 Å². The lowest BCUT2D eigenvalue weighted by molar-refractivity contribution is -0.118. The quantitative estimate of drug-likeness (QED) is 0.926. The van der Waals surface area contributed by atoms with Crippen molar-refractivity contribution in [2.45, 2.75) is 26.8 Å². The zero-order valence-electron chi connectivity index (χ0n) is 9.50. The second kappa shape index (κ2) is 5.25. The molecule has 1 unspecified atom stereocenters. The number of benzene rings is 1. The van der Waals surface area contributed by atoms with Gasteiger partial charge in [0.2, 0.25) is 0 Å². The van der Waals surface area contributed by atoms with Gasteiger partial charge in [-0.1, -0.05) is 22.0 Å². The first-order valence-corrected chi connectivity index (χ1v) is 5.78. The van der Waals surface area contributed by atoms with Crippen LogP contribution in [0, 0.1) is 6.92 Å². The zero-order valence-corrected chi connectivity index (χ0v) is 11.1. The van der Waals surface area contributed by atoms with Crippen LogP contribution >= 0.6 is 15.9 Å². The Morgan fingerprint density at radius 3 is 2.50 bits per heavy atom. The molecular formula is C12H14BrNO2. The van der Waals surface area contributed by atoms with E-state index in [9.17, 15) is 9.59 Å². The minimum atomic E-state index is -0.451.